The van der Waals surface area contributed by atoms with E-state index in [1.165, 1.54) is 12.1 Å². The fourth-order valence-electron chi connectivity index (χ4n) is 5.95. The SMILES string of the molecule is O=C(c1ccccc1)c1ccc(-c2c(C(=O)c3ccccc3)oc3ccccc3c2=O)c(C(=O)c2ccccc2)c1C(=O)c1ccccc1. The van der Waals surface area contributed by atoms with Gasteiger partial charge in [0.15, 0.2) is 23.1 Å². The average molecular weight is 639 g/mol. The zero-order valence-corrected chi connectivity index (χ0v) is 26.0. The summed E-state index contributed by atoms with van der Waals surface area (Å²) in [5.74, 6) is -2.57. The fourth-order valence-corrected chi connectivity index (χ4v) is 5.95. The molecule has 0 unspecified atom stereocenters. The molecule has 6 nitrogen and oxygen atoms in total. The maximum Gasteiger partial charge on any atom is 0.229 e. The summed E-state index contributed by atoms with van der Waals surface area (Å²) in [6.07, 6.45) is 0. The van der Waals surface area contributed by atoms with Crippen LogP contribution < -0.4 is 5.43 Å². The average Bonchev–Trinajstić information content (AvgIpc) is 3.17. The summed E-state index contributed by atoms with van der Waals surface area (Å²) in [5, 5.41) is 0.181. The van der Waals surface area contributed by atoms with Crippen LogP contribution in [-0.4, -0.2) is 23.1 Å². The minimum Gasteiger partial charge on any atom is -0.452 e. The largest absolute Gasteiger partial charge is 0.452 e. The van der Waals surface area contributed by atoms with Gasteiger partial charge in [-0.05, 0) is 18.2 Å². The highest BCUT2D eigenvalue weighted by Crippen LogP contribution is 2.35. The molecule has 0 saturated heterocycles. The molecule has 6 aromatic carbocycles. The van der Waals surface area contributed by atoms with Crippen LogP contribution in [0.3, 0.4) is 0 Å². The Kier molecular flexibility index (Phi) is 8.27. The lowest BCUT2D eigenvalue weighted by molar-refractivity contribution is 0.0990. The number of ketones is 4. The molecule has 0 spiro atoms. The van der Waals surface area contributed by atoms with Crippen LogP contribution in [0.4, 0.5) is 0 Å². The smallest absolute Gasteiger partial charge is 0.229 e. The first kappa shape index (κ1) is 30.8. The van der Waals surface area contributed by atoms with Gasteiger partial charge in [0.2, 0.25) is 11.2 Å². The van der Waals surface area contributed by atoms with Crippen LogP contribution in [0.5, 0.6) is 0 Å². The Morgan fingerprint density at radius 3 is 1.37 bits per heavy atom. The summed E-state index contributed by atoms with van der Waals surface area (Å²) in [6, 6.07) is 42.8. The van der Waals surface area contributed by atoms with Gasteiger partial charge >= 0.3 is 0 Å². The van der Waals surface area contributed by atoms with Crippen LogP contribution in [-0.2, 0) is 0 Å². The van der Waals surface area contributed by atoms with E-state index in [4.69, 9.17) is 4.42 Å². The molecule has 0 aliphatic carbocycles. The van der Waals surface area contributed by atoms with Crippen molar-refractivity contribution in [3.05, 3.63) is 213 Å². The zero-order chi connectivity index (χ0) is 33.9. The first-order valence-corrected chi connectivity index (χ1v) is 15.6. The molecule has 49 heavy (non-hydrogen) atoms. The molecule has 0 aliphatic rings. The third-order valence-corrected chi connectivity index (χ3v) is 8.32. The molecule has 0 bridgehead atoms. The minimum atomic E-state index is -0.608. The highest BCUT2D eigenvalue weighted by molar-refractivity contribution is 6.28. The Labute approximate surface area is 280 Å². The van der Waals surface area contributed by atoms with Gasteiger partial charge < -0.3 is 4.42 Å². The first-order chi connectivity index (χ1) is 23.9. The molecule has 6 heteroatoms. The van der Waals surface area contributed by atoms with E-state index in [0.29, 0.717) is 5.56 Å². The van der Waals surface area contributed by atoms with Crippen LogP contribution >= 0.6 is 0 Å². The monoisotopic (exact) mass is 638 g/mol. The summed E-state index contributed by atoms with van der Waals surface area (Å²) in [5.41, 5.74) is 0.0462. The number of carbonyl (C=O) groups excluding carboxylic acids is 4. The van der Waals surface area contributed by atoms with E-state index in [1.54, 1.807) is 146 Å². The van der Waals surface area contributed by atoms with Gasteiger partial charge in [0.1, 0.15) is 5.58 Å². The molecular weight excluding hydrogens is 612 g/mol. The summed E-state index contributed by atoms with van der Waals surface area (Å²) in [4.78, 5) is 72.2. The number of hydrogen-bond acceptors (Lipinski definition) is 6. The summed E-state index contributed by atoms with van der Waals surface area (Å²) in [6.45, 7) is 0. The van der Waals surface area contributed by atoms with Crippen molar-refractivity contribution >= 4 is 34.1 Å². The normalized spacial score (nSPS) is 10.9. The summed E-state index contributed by atoms with van der Waals surface area (Å²) >= 11 is 0. The third kappa shape index (κ3) is 5.72. The van der Waals surface area contributed by atoms with Gasteiger partial charge in [-0.1, -0.05) is 140 Å². The lowest BCUT2D eigenvalue weighted by atomic mass is 9.81. The lowest BCUT2D eigenvalue weighted by Crippen LogP contribution is -2.21. The number of fused-ring (bicyclic) bond motifs is 1. The maximum absolute atomic E-state index is 14.8. The van der Waals surface area contributed by atoms with Crippen molar-refractivity contribution < 1.29 is 23.6 Å². The molecule has 0 radical (unpaired) electrons. The predicted molar refractivity (Wildman–Crippen MR) is 187 cm³/mol. The van der Waals surface area contributed by atoms with E-state index in [2.05, 4.69) is 0 Å². The number of para-hydroxylation sites is 1. The fraction of sp³-hybridized carbons (Fsp3) is 0. The van der Waals surface area contributed by atoms with Gasteiger partial charge in [-0.25, -0.2) is 0 Å². The van der Waals surface area contributed by atoms with E-state index >= 15 is 0 Å². The molecule has 0 atom stereocenters. The van der Waals surface area contributed by atoms with Crippen molar-refractivity contribution in [1.82, 2.24) is 0 Å². The highest BCUT2D eigenvalue weighted by atomic mass is 16.3. The number of hydrogen-bond donors (Lipinski definition) is 0. The molecule has 1 aromatic heterocycles. The van der Waals surface area contributed by atoms with E-state index in [9.17, 15) is 24.0 Å². The van der Waals surface area contributed by atoms with E-state index in [1.807, 2.05) is 0 Å². The van der Waals surface area contributed by atoms with Crippen LogP contribution in [0.2, 0.25) is 0 Å². The van der Waals surface area contributed by atoms with Gasteiger partial charge in [-0.15, -0.1) is 0 Å². The summed E-state index contributed by atoms with van der Waals surface area (Å²) in [7, 11) is 0. The first-order valence-electron chi connectivity index (χ1n) is 15.6. The topological polar surface area (TPSA) is 98.5 Å². The van der Waals surface area contributed by atoms with Gasteiger partial charge in [0, 0.05) is 44.5 Å². The second kappa shape index (κ2) is 13.1. The Morgan fingerprint density at radius 1 is 0.408 bits per heavy atom. The molecule has 7 aromatic rings. The van der Waals surface area contributed by atoms with Crippen molar-refractivity contribution in [2.75, 3.05) is 0 Å². The Balaban J connectivity index is 1.62. The Bertz CT molecular complexity index is 2450. The quantitative estimate of drug-likeness (QED) is 0.147. The molecule has 0 amide bonds. The van der Waals surface area contributed by atoms with Crippen molar-refractivity contribution in [3.63, 3.8) is 0 Å². The number of carbonyl (C=O) groups is 4. The predicted octanol–water partition coefficient (Wildman–Crippen LogP) is 8.38. The maximum atomic E-state index is 14.8. The van der Waals surface area contributed by atoms with Crippen molar-refractivity contribution in [3.8, 4) is 11.1 Å². The molecule has 0 saturated carbocycles. The second-order valence-electron chi connectivity index (χ2n) is 11.3. The molecule has 0 aliphatic heterocycles. The van der Waals surface area contributed by atoms with Gasteiger partial charge in [-0.2, -0.15) is 0 Å². The molecule has 0 N–H and O–H groups in total. The van der Waals surface area contributed by atoms with E-state index in [-0.39, 0.29) is 61.2 Å². The number of benzene rings is 6. The zero-order valence-electron chi connectivity index (χ0n) is 26.0. The summed E-state index contributed by atoms with van der Waals surface area (Å²) < 4.78 is 6.20. The van der Waals surface area contributed by atoms with Crippen molar-refractivity contribution in [2.45, 2.75) is 0 Å². The molecule has 7 rings (SSSR count). The van der Waals surface area contributed by atoms with Crippen LogP contribution in [0.1, 0.15) is 63.9 Å². The van der Waals surface area contributed by atoms with Crippen LogP contribution in [0, 0.1) is 0 Å². The van der Waals surface area contributed by atoms with Crippen molar-refractivity contribution in [1.29, 1.82) is 0 Å². The van der Waals surface area contributed by atoms with E-state index < -0.39 is 28.6 Å². The lowest BCUT2D eigenvalue weighted by Gasteiger charge is -2.19. The van der Waals surface area contributed by atoms with Gasteiger partial charge in [-0.3, -0.25) is 24.0 Å². The molecular formula is C43H26O6. The number of rotatable bonds is 9. The Hall–Kier alpha value is -6.79. The standard InChI is InChI=1S/C43H26O6/c44-38(27-15-5-1-6-16-27)33-26-25-32(35(39(45)28-17-7-2-8-18-28)36(33)40(46)29-19-9-3-10-20-29)37-42(48)31-23-13-14-24-34(31)49-43(37)41(47)30-21-11-4-12-22-30/h1-26H. The molecule has 1 heterocycles. The van der Waals surface area contributed by atoms with Gasteiger partial charge in [0.25, 0.3) is 0 Å². The second-order valence-corrected chi connectivity index (χ2v) is 11.3. The highest BCUT2D eigenvalue weighted by Gasteiger charge is 2.33. The third-order valence-electron chi connectivity index (χ3n) is 8.32. The minimum absolute atomic E-state index is 0.00321. The van der Waals surface area contributed by atoms with E-state index in [0.717, 1.165) is 0 Å². The Morgan fingerprint density at radius 2 is 0.837 bits per heavy atom. The molecule has 0 fully saturated rings. The van der Waals surface area contributed by atoms with Crippen molar-refractivity contribution in [2.24, 2.45) is 0 Å². The molecule has 234 valence electrons. The van der Waals surface area contributed by atoms with Crippen LogP contribution in [0.15, 0.2) is 167 Å². The van der Waals surface area contributed by atoms with Crippen LogP contribution in [0.25, 0.3) is 22.1 Å². The van der Waals surface area contributed by atoms with Gasteiger partial charge in [0.05, 0.1) is 10.9 Å².